The van der Waals surface area contributed by atoms with Crippen molar-refractivity contribution in [2.75, 3.05) is 23.9 Å². The second-order valence-corrected chi connectivity index (χ2v) is 8.79. The summed E-state index contributed by atoms with van der Waals surface area (Å²) in [4.78, 5) is 30.0. The number of aliphatic hydroxyl groups is 1. The molecule has 33 heavy (non-hydrogen) atoms. The zero-order chi connectivity index (χ0) is 23.9. The fourth-order valence-corrected chi connectivity index (χ4v) is 4.19. The Morgan fingerprint density at radius 3 is 2.18 bits per heavy atom. The zero-order valence-electron chi connectivity index (χ0n) is 19.6. The summed E-state index contributed by atoms with van der Waals surface area (Å²) >= 11 is 0. The molecule has 0 saturated carbocycles. The Hall–Kier alpha value is -3.86. The van der Waals surface area contributed by atoms with Crippen LogP contribution in [0.25, 0.3) is 5.76 Å². The van der Waals surface area contributed by atoms with Gasteiger partial charge in [0.05, 0.1) is 11.6 Å². The third-order valence-electron chi connectivity index (χ3n) is 6.23. The Morgan fingerprint density at radius 1 is 0.879 bits per heavy atom. The molecule has 3 aromatic rings. The third kappa shape index (κ3) is 4.02. The van der Waals surface area contributed by atoms with E-state index in [0.29, 0.717) is 11.3 Å². The van der Waals surface area contributed by atoms with Gasteiger partial charge in [-0.2, -0.15) is 0 Å². The van der Waals surface area contributed by atoms with E-state index in [1.807, 2.05) is 100 Å². The predicted molar refractivity (Wildman–Crippen MR) is 133 cm³/mol. The Kier molecular flexibility index (Phi) is 5.81. The molecular formula is C28H28N2O3. The Balaban J connectivity index is 1.94. The Labute approximate surface area is 194 Å². The van der Waals surface area contributed by atoms with Crippen LogP contribution in [-0.4, -0.2) is 30.9 Å². The summed E-state index contributed by atoms with van der Waals surface area (Å²) in [6.07, 6.45) is 0. The predicted octanol–water partition coefficient (Wildman–Crippen LogP) is 5.30. The lowest BCUT2D eigenvalue weighted by molar-refractivity contribution is -0.132. The van der Waals surface area contributed by atoms with E-state index in [9.17, 15) is 14.7 Å². The van der Waals surface area contributed by atoms with Crippen LogP contribution in [0.2, 0.25) is 0 Å². The summed E-state index contributed by atoms with van der Waals surface area (Å²) in [7, 11) is 3.90. The number of ketones is 1. The van der Waals surface area contributed by atoms with Crippen LogP contribution in [0.3, 0.4) is 0 Å². The van der Waals surface area contributed by atoms with Crippen LogP contribution >= 0.6 is 0 Å². The van der Waals surface area contributed by atoms with Crippen molar-refractivity contribution in [3.8, 4) is 0 Å². The molecule has 1 N–H and O–H groups in total. The summed E-state index contributed by atoms with van der Waals surface area (Å²) in [5, 5.41) is 11.3. The first-order valence-corrected chi connectivity index (χ1v) is 10.9. The van der Waals surface area contributed by atoms with Crippen molar-refractivity contribution in [1.29, 1.82) is 0 Å². The third-order valence-corrected chi connectivity index (χ3v) is 6.23. The lowest BCUT2D eigenvalue weighted by Crippen LogP contribution is -2.29. The first-order chi connectivity index (χ1) is 15.7. The summed E-state index contributed by atoms with van der Waals surface area (Å²) in [5.74, 6) is -1.49. The average Bonchev–Trinajstić information content (AvgIpc) is 3.06. The number of Topliss-reactive ketones (excluding diaryl/α,β-unsaturated/α-hetero) is 1. The van der Waals surface area contributed by atoms with Crippen molar-refractivity contribution < 1.29 is 14.7 Å². The molecule has 3 aromatic carbocycles. The van der Waals surface area contributed by atoms with Crippen molar-refractivity contribution in [1.82, 2.24) is 0 Å². The number of hydrogen-bond acceptors (Lipinski definition) is 4. The molecule has 0 bridgehead atoms. The molecule has 0 aromatic heterocycles. The maximum atomic E-state index is 13.3. The molecule has 1 heterocycles. The van der Waals surface area contributed by atoms with Gasteiger partial charge in [0, 0.05) is 31.0 Å². The number of hydrogen-bond donors (Lipinski definition) is 1. The van der Waals surface area contributed by atoms with E-state index >= 15 is 0 Å². The molecule has 168 valence electrons. The van der Waals surface area contributed by atoms with Gasteiger partial charge in [0.25, 0.3) is 11.7 Å². The number of benzene rings is 3. The van der Waals surface area contributed by atoms with E-state index in [0.717, 1.165) is 27.9 Å². The first-order valence-electron chi connectivity index (χ1n) is 10.9. The number of rotatable bonds is 4. The molecule has 0 aliphatic carbocycles. The van der Waals surface area contributed by atoms with Gasteiger partial charge >= 0.3 is 0 Å². The molecular weight excluding hydrogens is 412 g/mol. The van der Waals surface area contributed by atoms with E-state index in [-0.39, 0.29) is 11.3 Å². The number of carbonyl (C=O) groups is 2. The van der Waals surface area contributed by atoms with Crippen LogP contribution in [-0.2, 0) is 9.59 Å². The molecule has 5 heteroatoms. The highest BCUT2D eigenvalue weighted by Gasteiger charge is 2.47. The topological polar surface area (TPSA) is 60.9 Å². The average molecular weight is 441 g/mol. The van der Waals surface area contributed by atoms with E-state index in [1.165, 1.54) is 4.90 Å². The van der Waals surface area contributed by atoms with E-state index in [2.05, 4.69) is 0 Å². The zero-order valence-corrected chi connectivity index (χ0v) is 19.6. The normalized spacial score (nSPS) is 17.5. The molecule has 1 fully saturated rings. The van der Waals surface area contributed by atoms with Crippen molar-refractivity contribution in [2.24, 2.45) is 0 Å². The van der Waals surface area contributed by atoms with E-state index in [1.54, 1.807) is 6.07 Å². The first kappa shape index (κ1) is 22.3. The quantitative estimate of drug-likeness (QED) is 0.340. The van der Waals surface area contributed by atoms with Gasteiger partial charge in [0.2, 0.25) is 0 Å². The van der Waals surface area contributed by atoms with E-state index in [4.69, 9.17) is 0 Å². The van der Waals surface area contributed by atoms with Gasteiger partial charge in [-0.3, -0.25) is 14.5 Å². The van der Waals surface area contributed by atoms with Gasteiger partial charge < -0.3 is 10.0 Å². The highest BCUT2D eigenvalue weighted by Crippen LogP contribution is 2.42. The van der Waals surface area contributed by atoms with Crippen molar-refractivity contribution in [3.05, 3.63) is 100 Å². The molecule has 5 nitrogen and oxygen atoms in total. The monoisotopic (exact) mass is 440 g/mol. The number of anilines is 2. The minimum Gasteiger partial charge on any atom is -0.507 e. The highest BCUT2D eigenvalue weighted by molar-refractivity contribution is 6.51. The lowest BCUT2D eigenvalue weighted by Gasteiger charge is -2.26. The minimum atomic E-state index is -0.732. The lowest BCUT2D eigenvalue weighted by atomic mass is 9.94. The van der Waals surface area contributed by atoms with Crippen molar-refractivity contribution in [2.45, 2.75) is 26.8 Å². The minimum absolute atomic E-state index is 0.0994. The molecule has 0 radical (unpaired) electrons. The number of aliphatic hydroxyl groups excluding tert-OH is 1. The molecule has 1 unspecified atom stereocenters. The van der Waals surface area contributed by atoms with Gasteiger partial charge in [-0.25, -0.2) is 0 Å². The largest absolute Gasteiger partial charge is 0.507 e. The molecule has 1 aliphatic rings. The Bertz CT molecular complexity index is 1270. The van der Waals surface area contributed by atoms with Gasteiger partial charge in [0.15, 0.2) is 0 Å². The van der Waals surface area contributed by atoms with Crippen LogP contribution in [0.5, 0.6) is 0 Å². The fourth-order valence-electron chi connectivity index (χ4n) is 4.19. The fraction of sp³-hybridized carbons (Fsp3) is 0.214. The summed E-state index contributed by atoms with van der Waals surface area (Å²) in [5.41, 5.74) is 6.06. The summed E-state index contributed by atoms with van der Waals surface area (Å²) in [6, 6.07) is 20.0. The van der Waals surface area contributed by atoms with Crippen LogP contribution < -0.4 is 9.80 Å². The van der Waals surface area contributed by atoms with Crippen LogP contribution in [0.1, 0.15) is 33.9 Å². The van der Waals surface area contributed by atoms with Crippen molar-refractivity contribution in [3.63, 3.8) is 0 Å². The van der Waals surface area contributed by atoms with Crippen LogP contribution in [0, 0.1) is 20.8 Å². The van der Waals surface area contributed by atoms with Gasteiger partial charge in [0.1, 0.15) is 5.76 Å². The molecule has 1 amide bonds. The number of amides is 1. The second-order valence-electron chi connectivity index (χ2n) is 8.79. The molecule has 1 saturated heterocycles. The SMILES string of the molecule is Cc1cccc(N2C(=O)C(=O)/C(=C(\O)c3ccc(C)c(C)c3)C2c2ccc(N(C)C)cc2)c1. The summed E-state index contributed by atoms with van der Waals surface area (Å²) in [6.45, 7) is 5.88. The van der Waals surface area contributed by atoms with Gasteiger partial charge in [-0.15, -0.1) is 0 Å². The number of carbonyl (C=O) groups excluding carboxylic acids is 2. The Morgan fingerprint density at radius 2 is 1.58 bits per heavy atom. The second kappa shape index (κ2) is 8.58. The maximum absolute atomic E-state index is 13.3. The van der Waals surface area contributed by atoms with Crippen molar-refractivity contribution >= 4 is 28.8 Å². The number of nitrogens with zero attached hydrogens (tertiary/aromatic N) is 2. The smallest absolute Gasteiger partial charge is 0.300 e. The van der Waals surface area contributed by atoms with Gasteiger partial charge in [-0.1, -0.05) is 36.4 Å². The maximum Gasteiger partial charge on any atom is 0.300 e. The molecule has 0 spiro atoms. The van der Waals surface area contributed by atoms with E-state index < -0.39 is 17.7 Å². The van der Waals surface area contributed by atoms with Crippen LogP contribution in [0.15, 0.2) is 72.3 Å². The van der Waals surface area contributed by atoms with Crippen LogP contribution in [0.4, 0.5) is 11.4 Å². The molecule has 1 aliphatic heterocycles. The molecule has 1 atom stereocenters. The standard InChI is InChI=1S/C28H28N2O3/c1-17-7-6-8-23(15-17)30-25(20-11-13-22(14-12-20)29(4)5)24(27(32)28(30)33)26(31)21-10-9-18(2)19(3)16-21/h6-16,25,31H,1-5H3/b26-24-. The number of aryl methyl sites for hydroxylation is 3. The highest BCUT2D eigenvalue weighted by atomic mass is 16.3. The van der Waals surface area contributed by atoms with Gasteiger partial charge in [-0.05, 0) is 73.4 Å². The summed E-state index contributed by atoms with van der Waals surface area (Å²) < 4.78 is 0. The molecule has 4 rings (SSSR count).